The molecule has 7 heteroatoms. The lowest BCUT2D eigenvalue weighted by Gasteiger charge is -2.12. The fourth-order valence-electron chi connectivity index (χ4n) is 2.34. The fraction of sp³-hybridized carbons (Fsp3) is 0.105. The van der Waals surface area contributed by atoms with E-state index < -0.39 is 0 Å². The van der Waals surface area contributed by atoms with Crippen LogP contribution in [0.1, 0.15) is 16.1 Å². The largest absolute Gasteiger partial charge is 0.495 e. The van der Waals surface area contributed by atoms with Crippen LogP contribution >= 0.6 is 11.6 Å². The highest BCUT2D eigenvalue weighted by Gasteiger charge is 2.10. The first-order valence-corrected chi connectivity index (χ1v) is 8.27. The number of ether oxygens (including phenoxy) is 1. The van der Waals surface area contributed by atoms with Gasteiger partial charge in [-0.1, -0.05) is 11.6 Å². The molecule has 3 aromatic rings. The molecule has 0 saturated carbocycles. The Balaban J connectivity index is 1.72. The van der Waals surface area contributed by atoms with E-state index in [1.54, 1.807) is 56.0 Å². The van der Waals surface area contributed by atoms with Crippen LogP contribution in [0.4, 0.5) is 11.4 Å². The second-order valence-corrected chi connectivity index (χ2v) is 5.87. The number of carbonyl (C=O) groups excluding carboxylic acids is 1. The zero-order chi connectivity index (χ0) is 18.4. The highest BCUT2D eigenvalue weighted by atomic mass is 35.5. The van der Waals surface area contributed by atoms with Crippen LogP contribution in [0.25, 0.3) is 0 Å². The second kappa shape index (κ2) is 8.31. The number of nitrogens with one attached hydrogen (secondary N) is 2. The van der Waals surface area contributed by atoms with Crippen molar-refractivity contribution in [1.29, 1.82) is 0 Å². The Bertz CT molecular complexity index is 903. The van der Waals surface area contributed by atoms with E-state index in [9.17, 15) is 4.79 Å². The van der Waals surface area contributed by atoms with Crippen LogP contribution in [-0.2, 0) is 6.54 Å². The average Bonchev–Trinajstić information content (AvgIpc) is 2.67. The van der Waals surface area contributed by atoms with Crippen LogP contribution in [-0.4, -0.2) is 23.0 Å². The number of hydrogen-bond acceptors (Lipinski definition) is 5. The van der Waals surface area contributed by atoms with E-state index >= 15 is 0 Å². The molecule has 0 aliphatic carbocycles. The number of amides is 1. The molecule has 132 valence electrons. The summed E-state index contributed by atoms with van der Waals surface area (Å²) in [5, 5.41) is 6.61. The maximum Gasteiger partial charge on any atom is 0.270 e. The van der Waals surface area contributed by atoms with Gasteiger partial charge in [-0.25, -0.2) is 0 Å². The quantitative estimate of drug-likeness (QED) is 0.691. The van der Waals surface area contributed by atoms with Crippen molar-refractivity contribution in [2.75, 3.05) is 12.4 Å². The van der Waals surface area contributed by atoms with Gasteiger partial charge in [0.05, 0.1) is 12.8 Å². The lowest BCUT2D eigenvalue weighted by molar-refractivity contribution is 0.0946. The first-order valence-electron chi connectivity index (χ1n) is 7.89. The van der Waals surface area contributed by atoms with Gasteiger partial charge in [0.15, 0.2) is 0 Å². The van der Waals surface area contributed by atoms with E-state index in [0.29, 0.717) is 34.4 Å². The average molecular weight is 369 g/mol. The number of methoxy groups -OCH3 is 1. The highest BCUT2D eigenvalue weighted by Crippen LogP contribution is 2.30. The summed E-state index contributed by atoms with van der Waals surface area (Å²) in [6.07, 6.45) is 4.94. The molecule has 0 fully saturated rings. The van der Waals surface area contributed by atoms with E-state index in [-0.39, 0.29) is 5.91 Å². The van der Waals surface area contributed by atoms with Crippen molar-refractivity contribution in [3.63, 3.8) is 0 Å². The number of anilines is 2. The fourth-order valence-corrected chi connectivity index (χ4v) is 2.51. The van der Waals surface area contributed by atoms with Crippen molar-refractivity contribution in [1.82, 2.24) is 15.3 Å². The van der Waals surface area contributed by atoms with Gasteiger partial charge in [0.1, 0.15) is 11.4 Å². The van der Waals surface area contributed by atoms with Gasteiger partial charge in [-0.05, 0) is 48.0 Å². The van der Waals surface area contributed by atoms with Gasteiger partial charge in [0, 0.05) is 35.8 Å². The van der Waals surface area contributed by atoms with Gasteiger partial charge in [0.2, 0.25) is 0 Å². The lowest BCUT2D eigenvalue weighted by Crippen LogP contribution is -2.23. The molecule has 0 radical (unpaired) electrons. The number of aromatic nitrogens is 2. The Morgan fingerprint density at radius 2 is 1.92 bits per heavy atom. The van der Waals surface area contributed by atoms with Crippen molar-refractivity contribution >= 4 is 28.9 Å². The molecule has 0 spiro atoms. The first kappa shape index (κ1) is 17.7. The van der Waals surface area contributed by atoms with Crippen LogP contribution in [0, 0.1) is 0 Å². The number of pyridine rings is 2. The molecule has 26 heavy (non-hydrogen) atoms. The molecular weight excluding hydrogens is 352 g/mol. The summed E-state index contributed by atoms with van der Waals surface area (Å²) in [6.45, 7) is 0.406. The van der Waals surface area contributed by atoms with E-state index in [2.05, 4.69) is 20.6 Å². The van der Waals surface area contributed by atoms with E-state index in [4.69, 9.17) is 16.3 Å². The van der Waals surface area contributed by atoms with Crippen LogP contribution < -0.4 is 15.4 Å². The molecule has 2 aromatic heterocycles. The van der Waals surface area contributed by atoms with Gasteiger partial charge >= 0.3 is 0 Å². The molecule has 3 rings (SSSR count). The van der Waals surface area contributed by atoms with Crippen molar-refractivity contribution < 1.29 is 9.53 Å². The summed E-state index contributed by atoms with van der Waals surface area (Å²) in [7, 11) is 1.58. The Morgan fingerprint density at radius 1 is 1.12 bits per heavy atom. The van der Waals surface area contributed by atoms with Crippen molar-refractivity contribution in [3.8, 4) is 5.75 Å². The Morgan fingerprint density at radius 3 is 2.69 bits per heavy atom. The molecule has 0 aliphatic heterocycles. The van der Waals surface area contributed by atoms with Gasteiger partial charge in [-0.2, -0.15) is 0 Å². The van der Waals surface area contributed by atoms with Crippen LogP contribution in [0.15, 0.2) is 61.1 Å². The third-order valence-corrected chi connectivity index (χ3v) is 3.87. The van der Waals surface area contributed by atoms with E-state index in [1.165, 1.54) is 0 Å². The van der Waals surface area contributed by atoms with Crippen molar-refractivity contribution in [2.24, 2.45) is 0 Å². The maximum absolute atomic E-state index is 12.3. The Kier molecular flexibility index (Phi) is 5.66. The zero-order valence-electron chi connectivity index (χ0n) is 14.1. The molecule has 0 bridgehead atoms. The smallest absolute Gasteiger partial charge is 0.270 e. The zero-order valence-corrected chi connectivity index (χ0v) is 14.8. The minimum atomic E-state index is -0.261. The molecule has 0 unspecified atom stereocenters. The predicted octanol–water partition coefficient (Wildman–Crippen LogP) is 3.81. The van der Waals surface area contributed by atoms with Gasteiger partial charge in [0.25, 0.3) is 5.91 Å². The van der Waals surface area contributed by atoms with E-state index in [0.717, 1.165) is 5.56 Å². The number of carbonyl (C=O) groups is 1. The lowest BCUT2D eigenvalue weighted by atomic mass is 10.2. The van der Waals surface area contributed by atoms with Crippen molar-refractivity contribution in [2.45, 2.75) is 6.54 Å². The Hall–Kier alpha value is -3.12. The minimum Gasteiger partial charge on any atom is -0.495 e. The number of nitrogens with zero attached hydrogens (tertiary/aromatic N) is 2. The van der Waals surface area contributed by atoms with Gasteiger partial charge in [-0.3, -0.25) is 14.8 Å². The highest BCUT2D eigenvalue weighted by molar-refractivity contribution is 6.31. The number of hydrogen-bond donors (Lipinski definition) is 2. The van der Waals surface area contributed by atoms with Gasteiger partial charge < -0.3 is 15.4 Å². The molecule has 0 saturated heterocycles. The number of halogens is 1. The third-order valence-electron chi connectivity index (χ3n) is 3.64. The Labute approximate surface area is 156 Å². The molecule has 0 aliphatic rings. The standard InChI is InChI=1S/C19H17ClN4O2/c1-26-18-3-2-14(20)10-16(18)24-15-6-9-22-17(11-15)19(25)23-12-13-4-7-21-8-5-13/h2-11H,12H2,1H3,(H,22,24)(H,23,25). The third kappa shape index (κ3) is 4.49. The predicted molar refractivity (Wildman–Crippen MR) is 101 cm³/mol. The summed E-state index contributed by atoms with van der Waals surface area (Å²) in [5.41, 5.74) is 2.68. The van der Waals surface area contributed by atoms with Crippen molar-refractivity contribution in [3.05, 3.63) is 77.3 Å². The number of benzene rings is 1. The summed E-state index contributed by atoms with van der Waals surface area (Å²) in [5.74, 6) is 0.387. The molecule has 2 heterocycles. The van der Waals surface area contributed by atoms with Crippen LogP contribution in [0.3, 0.4) is 0 Å². The summed E-state index contributed by atoms with van der Waals surface area (Å²) in [6, 6.07) is 12.4. The van der Waals surface area contributed by atoms with E-state index in [1.807, 2.05) is 12.1 Å². The SMILES string of the molecule is COc1ccc(Cl)cc1Nc1ccnc(C(=O)NCc2ccncc2)c1. The molecule has 1 aromatic carbocycles. The van der Waals surface area contributed by atoms with Gasteiger partial charge in [-0.15, -0.1) is 0 Å². The minimum absolute atomic E-state index is 0.261. The molecule has 1 amide bonds. The van der Waals surface area contributed by atoms with Crippen LogP contribution in [0.5, 0.6) is 5.75 Å². The summed E-state index contributed by atoms with van der Waals surface area (Å²) in [4.78, 5) is 20.4. The normalized spacial score (nSPS) is 10.2. The first-order chi connectivity index (χ1) is 12.7. The number of rotatable bonds is 6. The molecule has 6 nitrogen and oxygen atoms in total. The molecular formula is C19H17ClN4O2. The summed E-state index contributed by atoms with van der Waals surface area (Å²) < 4.78 is 5.32. The topological polar surface area (TPSA) is 76.1 Å². The molecule has 0 atom stereocenters. The maximum atomic E-state index is 12.3. The van der Waals surface area contributed by atoms with Crippen LogP contribution in [0.2, 0.25) is 5.02 Å². The monoisotopic (exact) mass is 368 g/mol. The second-order valence-electron chi connectivity index (χ2n) is 5.44. The molecule has 2 N–H and O–H groups in total. The summed E-state index contributed by atoms with van der Waals surface area (Å²) >= 11 is 6.04.